The second kappa shape index (κ2) is 7.90. The lowest BCUT2D eigenvalue weighted by atomic mass is 9.99. The molecule has 3 rings (SSSR count). The molecule has 1 aliphatic heterocycles. The minimum absolute atomic E-state index is 0.297. The van der Waals surface area contributed by atoms with Gasteiger partial charge in [-0.1, -0.05) is 0 Å². The Morgan fingerprint density at radius 2 is 2.17 bits per heavy atom. The molecule has 1 N–H and O–H groups in total. The first kappa shape index (κ1) is 16.4. The van der Waals surface area contributed by atoms with Crippen LogP contribution in [0.4, 0.5) is 0 Å². The van der Waals surface area contributed by atoms with E-state index in [2.05, 4.69) is 22.4 Å². The number of hydrogen-bond acceptors (Lipinski definition) is 5. The predicted octanol–water partition coefficient (Wildman–Crippen LogP) is 3.41. The minimum atomic E-state index is 0.297. The third kappa shape index (κ3) is 4.31. The zero-order valence-electron chi connectivity index (χ0n) is 13.6. The van der Waals surface area contributed by atoms with Gasteiger partial charge in [0.1, 0.15) is 10.8 Å². The highest BCUT2D eigenvalue weighted by Crippen LogP contribution is 2.27. The highest BCUT2D eigenvalue weighted by molar-refractivity contribution is 7.13. The van der Waals surface area contributed by atoms with Gasteiger partial charge < -0.3 is 9.84 Å². The molecule has 1 saturated heterocycles. The number of thiazole rings is 1. The first-order valence-corrected chi connectivity index (χ1v) is 9.17. The molecule has 2 heterocycles. The van der Waals surface area contributed by atoms with E-state index in [0.717, 1.165) is 48.1 Å². The molecule has 0 spiro atoms. The van der Waals surface area contributed by atoms with Gasteiger partial charge in [0.05, 0.1) is 12.3 Å². The average Bonchev–Trinajstić information content (AvgIpc) is 3.04. The zero-order chi connectivity index (χ0) is 16.1. The number of hydrogen-bond donors (Lipinski definition) is 1. The third-order valence-electron chi connectivity index (χ3n) is 4.21. The van der Waals surface area contributed by atoms with Gasteiger partial charge in [0.2, 0.25) is 0 Å². The maximum absolute atomic E-state index is 9.34. The summed E-state index contributed by atoms with van der Waals surface area (Å²) in [6.45, 7) is 5.93. The topological polar surface area (TPSA) is 45.6 Å². The van der Waals surface area contributed by atoms with E-state index in [1.54, 1.807) is 11.3 Å². The van der Waals surface area contributed by atoms with E-state index >= 15 is 0 Å². The summed E-state index contributed by atoms with van der Waals surface area (Å²) in [6, 6.07) is 8.12. The molecular formula is C18H24N2O2S. The van der Waals surface area contributed by atoms with Crippen molar-refractivity contribution in [1.82, 2.24) is 9.88 Å². The third-order valence-corrected chi connectivity index (χ3v) is 5.15. The molecule has 4 nitrogen and oxygen atoms in total. The molecule has 0 aliphatic carbocycles. The molecule has 1 aromatic heterocycles. The van der Waals surface area contributed by atoms with Gasteiger partial charge in [0.15, 0.2) is 0 Å². The van der Waals surface area contributed by atoms with Crippen molar-refractivity contribution in [2.45, 2.75) is 26.3 Å². The molecule has 1 atom stereocenters. The SMILES string of the molecule is CCOc1ccc(-c2nc(CN3CCCC(CO)C3)cs2)cc1. The minimum Gasteiger partial charge on any atom is -0.494 e. The van der Waals surface area contributed by atoms with Crippen LogP contribution >= 0.6 is 11.3 Å². The highest BCUT2D eigenvalue weighted by Gasteiger charge is 2.20. The number of ether oxygens (including phenoxy) is 1. The number of benzene rings is 1. The Kier molecular flexibility index (Phi) is 5.65. The van der Waals surface area contributed by atoms with Gasteiger partial charge in [-0.3, -0.25) is 4.90 Å². The van der Waals surface area contributed by atoms with E-state index in [9.17, 15) is 5.11 Å². The van der Waals surface area contributed by atoms with Crippen LogP contribution in [0, 0.1) is 5.92 Å². The maximum atomic E-state index is 9.34. The standard InChI is InChI=1S/C18H24N2O2S/c1-2-22-17-7-5-15(6-8-17)18-19-16(13-23-18)11-20-9-3-4-14(10-20)12-21/h5-8,13-14,21H,2-4,9-12H2,1H3. The summed E-state index contributed by atoms with van der Waals surface area (Å²) in [6.07, 6.45) is 2.31. The van der Waals surface area contributed by atoms with Crippen molar-refractivity contribution >= 4 is 11.3 Å². The molecule has 0 radical (unpaired) electrons. The van der Waals surface area contributed by atoms with Crippen LogP contribution in [0.1, 0.15) is 25.5 Å². The van der Waals surface area contributed by atoms with Gasteiger partial charge in [0, 0.05) is 30.6 Å². The largest absolute Gasteiger partial charge is 0.494 e. The summed E-state index contributed by atoms with van der Waals surface area (Å²) in [4.78, 5) is 7.18. The highest BCUT2D eigenvalue weighted by atomic mass is 32.1. The second-order valence-electron chi connectivity index (χ2n) is 6.03. The van der Waals surface area contributed by atoms with Gasteiger partial charge in [-0.05, 0) is 56.5 Å². The van der Waals surface area contributed by atoms with E-state index in [1.165, 1.54) is 6.42 Å². The number of aromatic nitrogens is 1. The fraction of sp³-hybridized carbons (Fsp3) is 0.500. The number of aliphatic hydroxyl groups is 1. The maximum Gasteiger partial charge on any atom is 0.123 e. The molecule has 124 valence electrons. The average molecular weight is 332 g/mol. The summed E-state index contributed by atoms with van der Waals surface area (Å²) in [5.74, 6) is 1.32. The normalized spacial score (nSPS) is 19.0. The molecule has 1 unspecified atom stereocenters. The molecule has 1 aromatic carbocycles. The van der Waals surface area contributed by atoms with Crippen LogP contribution in [0.3, 0.4) is 0 Å². The van der Waals surface area contributed by atoms with Crippen molar-refractivity contribution in [2.24, 2.45) is 5.92 Å². The van der Waals surface area contributed by atoms with Crippen molar-refractivity contribution < 1.29 is 9.84 Å². The lowest BCUT2D eigenvalue weighted by molar-refractivity contribution is 0.115. The fourth-order valence-corrected chi connectivity index (χ4v) is 3.86. The Morgan fingerprint density at radius 1 is 1.35 bits per heavy atom. The number of likely N-dealkylation sites (tertiary alicyclic amines) is 1. The van der Waals surface area contributed by atoms with Crippen molar-refractivity contribution in [2.75, 3.05) is 26.3 Å². The second-order valence-corrected chi connectivity index (χ2v) is 6.89. The summed E-state index contributed by atoms with van der Waals surface area (Å²) < 4.78 is 5.48. The molecule has 2 aromatic rings. The summed E-state index contributed by atoms with van der Waals surface area (Å²) in [5, 5.41) is 12.5. The van der Waals surface area contributed by atoms with Crippen LogP contribution in [0.15, 0.2) is 29.6 Å². The summed E-state index contributed by atoms with van der Waals surface area (Å²) in [7, 11) is 0. The van der Waals surface area contributed by atoms with E-state index in [-0.39, 0.29) is 0 Å². The van der Waals surface area contributed by atoms with Gasteiger partial charge in [0.25, 0.3) is 0 Å². The van der Waals surface area contributed by atoms with E-state index in [1.807, 2.05) is 19.1 Å². The Bertz CT molecular complexity index is 612. The fourth-order valence-electron chi connectivity index (χ4n) is 3.05. The van der Waals surface area contributed by atoms with Gasteiger partial charge in [-0.25, -0.2) is 4.98 Å². The van der Waals surface area contributed by atoms with Crippen molar-refractivity contribution in [1.29, 1.82) is 0 Å². The Labute approximate surface area is 141 Å². The molecular weight excluding hydrogens is 308 g/mol. The smallest absolute Gasteiger partial charge is 0.123 e. The van der Waals surface area contributed by atoms with Gasteiger partial charge in [-0.2, -0.15) is 0 Å². The van der Waals surface area contributed by atoms with Crippen molar-refractivity contribution in [3.8, 4) is 16.3 Å². The number of nitrogens with zero attached hydrogens (tertiary/aromatic N) is 2. The Hall–Kier alpha value is -1.43. The number of piperidine rings is 1. The van der Waals surface area contributed by atoms with E-state index < -0.39 is 0 Å². The van der Waals surface area contributed by atoms with E-state index in [4.69, 9.17) is 9.72 Å². The van der Waals surface area contributed by atoms with Crippen LogP contribution in [0.25, 0.3) is 10.6 Å². The van der Waals surface area contributed by atoms with Gasteiger partial charge >= 0.3 is 0 Å². The molecule has 0 amide bonds. The van der Waals surface area contributed by atoms with Crippen LogP contribution in [-0.4, -0.2) is 41.3 Å². The number of aliphatic hydroxyl groups excluding tert-OH is 1. The molecule has 23 heavy (non-hydrogen) atoms. The first-order chi connectivity index (χ1) is 11.3. The Morgan fingerprint density at radius 3 is 2.91 bits per heavy atom. The summed E-state index contributed by atoms with van der Waals surface area (Å²) >= 11 is 1.69. The number of rotatable bonds is 6. The molecule has 1 aliphatic rings. The van der Waals surface area contributed by atoms with Crippen LogP contribution in [0.5, 0.6) is 5.75 Å². The molecule has 1 fully saturated rings. The molecule has 0 bridgehead atoms. The molecule has 5 heteroatoms. The molecule has 0 saturated carbocycles. The van der Waals surface area contributed by atoms with E-state index in [0.29, 0.717) is 19.1 Å². The van der Waals surface area contributed by atoms with Crippen LogP contribution < -0.4 is 4.74 Å². The first-order valence-electron chi connectivity index (χ1n) is 8.29. The monoisotopic (exact) mass is 332 g/mol. The predicted molar refractivity (Wildman–Crippen MR) is 93.8 cm³/mol. The van der Waals surface area contributed by atoms with Crippen LogP contribution in [-0.2, 0) is 6.54 Å². The Balaban J connectivity index is 1.63. The van der Waals surface area contributed by atoms with Crippen molar-refractivity contribution in [3.63, 3.8) is 0 Å². The quantitative estimate of drug-likeness (QED) is 0.880. The zero-order valence-corrected chi connectivity index (χ0v) is 14.4. The van der Waals surface area contributed by atoms with Crippen molar-refractivity contribution in [3.05, 3.63) is 35.3 Å². The van der Waals surface area contributed by atoms with Crippen LogP contribution in [0.2, 0.25) is 0 Å². The summed E-state index contributed by atoms with van der Waals surface area (Å²) in [5.41, 5.74) is 2.26. The lowest BCUT2D eigenvalue weighted by Crippen LogP contribution is -2.36. The van der Waals surface area contributed by atoms with Gasteiger partial charge in [-0.15, -0.1) is 11.3 Å². The lowest BCUT2D eigenvalue weighted by Gasteiger charge is -2.31.